The first-order chi connectivity index (χ1) is 17.6. The van der Waals surface area contributed by atoms with Gasteiger partial charge in [-0.2, -0.15) is 5.10 Å². The third-order valence-electron chi connectivity index (χ3n) is 6.58. The molecule has 5 aromatic rings. The molecule has 0 saturated carbocycles. The maximum atomic E-state index is 5.94. The second-order valence-electron chi connectivity index (χ2n) is 8.96. The van der Waals surface area contributed by atoms with Crippen molar-refractivity contribution in [3.8, 4) is 17.1 Å². The number of hydrogen-bond donors (Lipinski definition) is 0. The predicted molar refractivity (Wildman–Crippen MR) is 140 cm³/mol. The largest absolute Gasteiger partial charge is 0.353 e. The van der Waals surface area contributed by atoms with Crippen molar-refractivity contribution in [2.75, 3.05) is 31.1 Å². The second kappa shape index (κ2) is 9.25. The van der Waals surface area contributed by atoms with Crippen LogP contribution in [0.1, 0.15) is 5.56 Å². The zero-order chi connectivity index (χ0) is 24.6. The standard InChI is InChI=1S/C25H26N10S/c1-18-3-5-20(6-4-18)35-22(19-7-9-26-10-8-19)30-34(25(35)36)17-32-11-13-33(14-12-32)24-21-15-29-31(2)23(21)27-16-28-24/h3-10,15-16H,11-14,17H2,1-2H3. The lowest BCUT2D eigenvalue weighted by Crippen LogP contribution is -2.47. The van der Waals surface area contributed by atoms with Crippen molar-refractivity contribution in [1.82, 2.24) is 44.0 Å². The van der Waals surface area contributed by atoms with Gasteiger partial charge in [-0.25, -0.2) is 14.6 Å². The Hall–Kier alpha value is -3.96. The number of piperazine rings is 1. The third kappa shape index (κ3) is 4.06. The molecule has 0 unspecified atom stereocenters. The van der Waals surface area contributed by atoms with Crippen molar-refractivity contribution in [3.05, 3.63) is 71.7 Å². The number of nitrogens with zero attached hydrogens (tertiary/aromatic N) is 10. The van der Waals surface area contributed by atoms with Crippen LogP contribution in [0, 0.1) is 11.7 Å². The Morgan fingerprint density at radius 3 is 2.44 bits per heavy atom. The summed E-state index contributed by atoms with van der Waals surface area (Å²) in [6.45, 7) is 6.14. The highest BCUT2D eigenvalue weighted by Gasteiger charge is 2.23. The SMILES string of the molecule is Cc1ccc(-n2c(-c3ccncc3)nn(CN3CCN(c4ncnc5c4cnn5C)CC3)c2=S)cc1. The highest BCUT2D eigenvalue weighted by atomic mass is 32.1. The molecule has 10 nitrogen and oxygen atoms in total. The summed E-state index contributed by atoms with van der Waals surface area (Å²) in [5, 5.41) is 10.3. The minimum absolute atomic E-state index is 0.621. The Morgan fingerprint density at radius 1 is 0.944 bits per heavy atom. The van der Waals surface area contributed by atoms with Crippen LogP contribution < -0.4 is 4.90 Å². The Balaban J connectivity index is 1.26. The lowest BCUT2D eigenvalue weighted by Gasteiger charge is -2.35. The van der Waals surface area contributed by atoms with Gasteiger partial charge in [0.1, 0.15) is 12.1 Å². The van der Waals surface area contributed by atoms with E-state index in [2.05, 4.69) is 61.0 Å². The molecule has 0 spiro atoms. The van der Waals surface area contributed by atoms with Crippen LogP contribution in [0.25, 0.3) is 28.1 Å². The van der Waals surface area contributed by atoms with Crippen molar-refractivity contribution in [1.29, 1.82) is 0 Å². The number of benzene rings is 1. The minimum Gasteiger partial charge on any atom is -0.353 e. The van der Waals surface area contributed by atoms with Gasteiger partial charge in [-0.3, -0.25) is 19.1 Å². The Labute approximate surface area is 213 Å². The fourth-order valence-corrected chi connectivity index (χ4v) is 4.90. The minimum atomic E-state index is 0.621. The zero-order valence-corrected chi connectivity index (χ0v) is 21.0. The second-order valence-corrected chi connectivity index (χ2v) is 9.33. The summed E-state index contributed by atoms with van der Waals surface area (Å²) in [4.78, 5) is 17.8. The highest BCUT2D eigenvalue weighted by molar-refractivity contribution is 7.71. The molecule has 1 aromatic carbocycles. The molecule has 5 heterocycles. The van der Waals surface area contributed by atoms with Crippen LogP contribution in [0.2, 0.25) is 0 Å². The van der Waals surface area contributed by atoms with Crippen molar-refractivity contribution in [2.24, 2.45) is 7.05 Å². The summed E-state index contributed by atoms with van der Waals surface area (Å²) in [5.74, 6) is 1.75. The lowest BCUT2D eigenvalue weighted by molar-refractivity contribution is 0.194. The van der Waals surface area contributed by atoms with Crippen LogP contribution in [0.3, 0.4) is 0 Å². The summed E-state index contributed by atoms with van der Waals surface area (Å²) in [6.07, 6.45) is 7.02. The quantitative estimate of drug-likeness (QED) is 0.342. The summed E-state index contributed by atoms with van der Waals surface area (Å²) in [6, 6.07) is 12.3. The molecule has 0 amide bonds. The molecule has 1 aliphatic rings. The zero-order valence-electron chi connectivity index (χ0n) is 20.2. The van der Waals surface area contributed by atoms with Gasteiger partial charge in [0, 0.05) is 56.9 Å². The van der Waals surface area contributed by atoms with Crippen molar-refractivity contribution >= 4 is 29.1 Å². The molecule has 0 radical (unpaired) electrons. The van der Waals surface area contributed by atoms with E-state index in [1.54, 1.807) is 23.4 Å². The van der Waals surface area contributed by atoms with Crippen molar-refractivity contribution in [2.45, 2.75) is 13.6 Å². The van der Waals surface area contributed by atoms with Crippen molar-refractivity contribution < 1.29 is 0 Å². The Kier molecular flexibility index (Phi) is 5.78. The normalized spacial score (nSPS) is 14.6. The van der Waals surface area contributed by atoms with E-state index >= 15 is 0 Å². The first kappa shape index (κ1) is 22.5. The molecule has 0 aliphatic carbocycles. The van der Waals surface area contributed by atoms with Gasteiger partial charge in [0.2, 0.25) is 4.77 Å². The number of aryl methyl sites for hydroxylation is 2. The fourth-order valence-electron chi connectivity index (χ4n) is 4.61. The van der Waals surface area contributed by atoms with E-state index in [4.69, 9.17) is 17.3 Å². The van der Waals surface area contributed by atoms with Gasteiger partial charge in [-0.05, 0) is 43.4 Å². The summed E-state index contributed by atoms with van der Waals surface area (Å²) in [5.41, 5.74) is 4.02. The maximum Gasteiger partial charge on any atom is 0.204 e. The molecule has 0 bridgehead atoms. The molecule has 11 heteroatoms. The van der Waals surface area contributed by atoms with Crippen LogP contribution in [0.15, 0.2) is 61.3 Å². The van der Waals surface area contributed by atoms with Crippen LogP contribution >= 0.6 is 12.2 Å². The van der Waals surface area contributed by atoms with Gasteiger partial charge in [-0.15, -0.1) is 5.10 Å². The molecule has 1 fully saturated rings. The van der Waals surface area contributed by atoms with Gasteiger partial charge in [0.25, 0.3) is 0 Å². The maximum absolute atomic E-state index is 5.94. The number of fused-ring (bicyclic) bond motifs is 1. The van der Waals surface area contributed by atoms with Crippen LogP contribution in [-0.2, 0) is 13.7 Å². The fraction of sp³-hybridized carbons (Fsp3) is 0.280. The number of anilines is 1. The highest BCUT2D eigenvalue weighted by Crippen LogP contribution is 2.25. The van der Waals surface area contributed by atoms with Gasteiger partial charge < -0.3 is 4.90 Å². The Morgan fingerprint density at radius 2 is 1.69 bits per heavy atom. The molecule has 0 N–H and O–H groups in total. The average molecular weight is 499 g/mol. The van der Waals surface area contributed by atoms with Gasteiger partial charge in [-0.1, -0.05) is 17.7 Å². The van der Waals surface area contributed by atoms with E-state index in [9.17, 15) is 0 Å². The van der Waals surface area contributed by atoms with Crippen molar-refractivity contribution in [3.63, 3.8) is 0 Å². The van der Waals surface area contributed by atoms with E-state index in [0.29, 0.717) is 11.4 Å². The molecule has 1 saturated heterocycles. The van der Waals surface area contributed by atoms with Gasteiger partial charge >= 0.3 is 0 Å². The van der Waals surface area contributed by atoms with Crippen LogP contribution in [0.4, 0.5) is 5.82 Å². The topological polar surface area (TPSA) is 85.7 Å². The molecule has 6 rings (SSSR count). The van der Waals surface area contributed by atoms with E-state index in [-0.39, 0.29) is 0 Å². The van der Waals surface area contributed by atoms with E-state index in [1.165, 1.54) is 5.56 Å². The first-order valence-corrected chi connectivity index (χ1v) is 12.3. The summed E-state index contributed by atoms with van der Waals surface area (Å²) < 4.78 is 6.41. The molecule has 36 heavy (non-hydrogen) atoms. The number of rotatable bonds is 5. The number of hydrogen-bond acceptors (Lipinski definition) is 8. The molecular formula is C25H26N10S. The lowest BCUT2D eigenvalue weighted by atomic mass is 10.2. The van der Waals surface area contributed by atoms with Gasteiger partial charge in [0.15, 0.2) is 11.5 Å². The molecule has 1 aliphatic heterocycles. The molecule has 0 atom stereocenters. The summed E-state index contributed by atoms with van der Waals surface area (Å²) >= 11 is 5.94. The first-order valence-electron chi connectivity index (χ1n) is 11.9. The van der Waals surface area contributed by atoms with E-state index in [0.717, 1.165) is 60.1 Å². The Bertz CT molecular complexity index is 1560. The smallest absolute Gasteiger partial charge is 0.204 e. The van der Waals surface area contributed by atoms with Crippen LogP contribution in [0.5, 0.6) is 0 Å². The number of aromatic nitrogens is 8. The van der Waals surface area contributed by atoms with Gasteiger partial charge in [0.05, 0.1) is 18.3 Å². The van der Waals surface area contributed by atoms with Crippen LogP contribution in [-0.4, -0.2) is 70.2 Å². The molecular weight excluding hydrogens is 472 g/mol. The molecule has 4 aromatic heterocycles. The average Bonchev–Trinajstić information content (AvgIpc) is 3.45. The number of pyridine rings is 1. The monoisotopic (exact) mass is 498 g/mol. The van der Waals surface area contributed by atoms with E-state index < -0.39 is 0 Å². The predicted octanol–water partition coefficient (Wildman–Crippen LogP) is 3.23. The third-order valence-corrected chi connectivity index (χ3v) is 6.98. The molecule has 182 valence electrons. The van der Waals surface area contributed by atoms with E-state index in [1.807, 2.05) is 34.6 Å². The summed E-state index contributed by atoms with van der Waals surface area (Å²) in [7, 11) is 1.90.